The molecule has 0 aliphatic carbocycles. The maximum Gasteiger partial charge on any atom is 0.267 e. The van der Waals surface area contributed by atoms with Crippen LogP contribution in [0.5, 0.6) is 0 Å². The van der Waals surface area contributed by atoms with Gasteiger partial charge in [0.25, 0.3) is 11.5 Å². The average Bonchev–Trinajstić information content (AvgIpc) is 2.23. The van der Waals surface area contributed by atoms with Crippen LogP contribution in [-0.2, 0) is 7.05 Å². The van der Waals surface area contributed by atoms with E-state index in [4.69, 9.17) is 5.73 Å². The van der Waals surface area contributed by atoms with E-state index in [-0.39, 0.29) is 11.3 Å². The number of nitrogens with zero attached hydrogens (tertiary/aromatic N) is 2. The van der Waals surface area contributed by atoms with Crippen molar-refractivity contribution in [1.29, 1.82) is 0 Å². The molecule has 2 N–H and O–H groups in total. The summed E-state index contributed by atoms with van der Waals surface area (Å²) in [4.78, 5) is 26.3. The number of fused-ring (bicyclic) bond motifs is 1. The van der Waals surface area contributed by atoms with E-state index in [2.05, 4.69) is 4.98 Å². The predicted octanol–water partition coefficient (Wildman–Crippen LogP) is 0.0324. The van der Waals surface area contributed by atoms with Gasteiger partial charge in [-0.05, 0) is 12.1 Å². The van der Waals surface area contributed by atoms with Gasteiger partial charge in [0.1, 0.15) is 5.69 Å². The zero-order valence-corrected chi connectivity index (χ0v) is 8.10. The third-order valence-electron chi connectivity index (χ3n) is 2.29. The van der Waals surface area contributed by atoms with Crippen LogP contribution in [0.15, 0.2) is 29.2 Å². The molecule has 2 aromatic heterocycles. The van der Waals surface area contributed by atoms with Gasteiger partial charge < -0.3 is 10.3 Å². The van der Waals surface area contributed by atoms with Gasteiger partial charge >= 0.3 is 0 Å². The molecular weight excluding hydrogens is 194 g/mol. The Bertz CT molecular complexity index is 601. The molecule has 0 unspecified atom stereocenters. The molecule has 76 valence electrons. The second-order valence-electron chi connectivity index (χ2n) is 3.19. The fraction of sp³-hybridized carbons (Fsp3) is 0.100. The maximum absolute atomic E-state index is 11.3. The lowest BCUT2D eigenvalue weighted by molar-refractivity contribution is 0.0997. The first-order valence-corrected chi connectivity index (χ1v) is 4.36. The Morgan fingerprint density at radius 1 is 1.40 bits per heavy atom. The lowest BCUT2D eigenvalue weighted by Crippen LogP contribution is -2.18. The van der Waals surface area contributed by atoms with Crippen LogP contribution in [-0.4, -0.2) is 15.5 Å². The van der Waals surface area contributed by atoms with Gasteiger partial charge in [-0.1, -0.05) is 0 Å². The third kappa shape index (κ3) is 1.38. The largest absolute Gasteiger partial charge is 0.364 e. The van der Waals surface area contributed by atoms with Gasteiger partial charge in [-0.15, -0.1) is 0 Å². The highest BCUT2D eigenvalue weighted by Crippen LogP contribution is 2.13. The monoisotopic (exact) mass is 203 g/mol. The van der Waals surface area contributed by atoms with Crippen molar-refractivity contribution in [3.63, 3.8) is 0 Å². The first kappa shape index (κ1) is 9.39. The molecule has 0 spiro atoms. The quantitative estimate of drug-likeness (QED) is 0.710. The molecule has 0 bridgehead atoms. The van der Waals surface area contributed by atoms with E-state index >= 15 is 0 Å². The highest BCUT2D eigenvalue weighted by atomic mass is 16.1. The molecule has 1 amide bonds. The number of nitrogens with two attached hydrogens (primary N) is 1. The lowest BCUT2D eigenvalue weighted by Gasteiger charge is -2.05. The van der Waals surface area contributed by atoms with Crippen molar-refractivity contribution in [2.75, 3.05) is 0 Å². The van der Waals surface area contributed by atoms with Gasteiger partial charge in [-0.2, -0.15) is 0 Å². The minimum absolute atomic E-state index is 0.135. The number of carbonyl (C=O) groups excluding carboxylic acids is 1. The molecule has 0 radical (unpaired) electrons. The summed E-state index contributed by atoms with van der Waals surface area (Å²) in [6.07, 6.45) is 1.46. The zero-order chi connectivity index (χ0) is 11.0. The van der Waals surface area contributed by atoms with Crippen LogP contribution in [0.1, 0.15) is 10.5 Å². The van der Waals surface area contributed by atoms with Crippen LogP contribution < -0.4 is 11.3 Å². The molecule has 0 saturated heterocycles. The summed E-state index contributed by atoms with van der Waals surface area (Å²) >= 11 is 0. The Morgan fingerprint density at radius 2 is 2.13 bits per heavy atom. The van der Waals surface area contributed by atoms with E-state index in [1.807, 2.05) is 0 Å². The Labute approximate surface area is 85.2 Å². The van der Waals surface area contributed by atoms with Crippen molar-refractivity contribution in [2.45, 2.75) is 0 Å². The summed E-state index contributed by atoms with van der Waals surface area (Å²) in [6, 6.07) is 4.62. The Hall–Kier alpha value is -2.17. The van der Waals surface area contributed by atoms with Gasteiger partial charge in [0, 0.05) is 24.7 Å². The predicted molar refractivity (Wildman–Crippen MR) is 55.5 cm³/mol. The van der Waals surface area contributed by atoms with Crippen molar-refractivity contribution >= 4 is 16.8 Å². The molecule has 2 heterocycles. The number of amides is 1. The van der Waals surface area contributed by atoms with E-state index < -0.39 is 5.91 Å². The second kappa shape index (κ2) is 3.20. The standard InChI is InChI=1S/C10H9N3O2/c1-13-7-4-5-12-9(10(11)15)6(7)2-3-8(13)14/h2-5H,1H3,(H2,11,15). The molecule has 0 aromatic carbocycles. The van der Waals surface area contributed by atoms with Gasteiger partial charge in [0.15, 0.2) is 0 Å². The number of hydrogen-bond donors (Lipinski definition) is 1. The fourth-order valence-corrected chi connectivity index (χ4v) is 1.50. The SMILES string of the molecule is Cn1c(=O)ccc2c(C(N)=O)nccc21. The molecule has 0 aliphatic rings. The number of primary amides is 1. The number of aryl methyl sites for hydroxylation is 1. The van der Waals surface area contributed by atoms with Crippen molar-refractivity contribution < 1.29 is 4.79 Å². The maximum atomic E-state index is 11.3. The Kier molecular flexibility index (Phi) is 2.00. The van der Waals surface area contributed by atoms with E-state index in [9.17, 15) is 9.59 Å². The van der Waals surface area contributed by atoms with Crippen molar-refractivity contribution in [3.8, 4) is 0 Å². The first-order valence-electron chi connectivity index (χ1n) is 4.36. The summed E-state index contributed by atoms with van der Waals surface area (Å²) in [7, 11) is 1.63. The fourth-order valence-electron chi connectivity index (χ4n) is 1.50. The minimum atomic E-state index is -0.598. The van der Waals surface area contributed by atoms with Crippen molar-refractivity contribution in [1.82, 2.24) is 9.55 Å². The summed E-state index contributed by atoms with van der Waals surface area (Å²) in [6.45, 7) is 0. The van der Waals surface area contributed by atoms with Crippen LogP contribution in [0, 0.1) is 0 Å². The molecule has 5 nitrogen and oxygen atoms in total. The number of pyridine rings is 2. The molecule has 0 aliphatic heterocycles. The summed E-state index contributed by atoms with van der Waals surface area (Å²) in [5.41, 5.74) is 5.87. The topological polar surface area (TPSA) is 78.0 Å². The Balaban J connectivity index is 2.96. The van der Waals surface area contributed by atoms with E-state index in [0.717, 1.165) is 0 Å². The number of carbonyl (C=O) groups is 1. The Morgan fingerprint density at radius 3 is 2.80 bits per heavy atom. The second-order valence-corrected chi connectivity index (χ2v) is 3.19. The van der Waals surface area contributed by atoms with E-state index in [1.165, 1.54) is 16.8 Å². The highest BCUT2D eigenvalue weighted by Gasteiger charge is 2.09. The summed E-state index contributed by atoms with van der Waals surface area (Å²) < 4.78 is 1.45. The minimum Gasteiger partial charge on any atom is -0.364 e. The zero-order valence-electron chi connectivity index (χ0n) is 8.10. The number of aromatic nitrogens is 2. The molecule has 0 atom stereocenters. The molecule has 0 fully saturated rings. The molecule has 0 saturated carbocycles. The number of rotatable bonds is 1. The normalized spacial score (nSPS) is 10.5. The van der Waals surface area contributed by atoms with Crippen molar-refractivity contribution in [3.05, 3.63) is 40.4 Å². The van der Waals surface area contributed by atoms with Crippen LogP contribution in [0.3, 0.4) is 0 Å². The van der Waals surface area contributed by atoms with Gasteiger partial charge in [-0.3, -0.25) is 14.6 Å². The summed E-state index contributed by atoms with van der Waals surface area (Å²) in [5.74, 6) is -0.598. The molecular formula is C10H9N3O2. The average molecular weight is 203 g/mol. The number of hydrogen-bond acceptors (Lipinski definition) is 3. The third-order valence-corrected chi connectivity index (χ3v) is 2.29. The van der Waals surface area contributed by atoms with Crippen LogP contribution >= 0.6 is 0 Å². The highest BCUT2D eigenvalue weighted by molar-refractivity contribution is 6.03. The molecule has 2 aromatic rings. The molecule has 2 rings (SSSR count). The molecule has 15 heavy (non-hydrogen) atoms. The smallest absolute Gasteiger partial charge is 0.267 e. The first-order chi connectivity index (χ1) is 7.11. The van der Waals surface area contributed by atoms with Gasteiger partial charge in [0.05, 0.1) is 5.52 Å². The van der Waals surface area contributed by atoms with Crippen molar-refractivity contribution in [2.24, 2.45) is 12.8 Å². The van der Waals surface area contributed by atoms with Gasteiger partial charge in [0.2, 0.25) is 0 Å². The van der Waals surface area contributed by atoms with Crippen LogP contribution in [0.4, 0.5) is 0 Å². The van der Waals surface area contributed by atoms with E-state index in [1.54, 1.807) is 19.2 Å². The molecule has 5 heteroatoms. The lowest BCUT2D eigenvalue weighted by atomic mass is 10.2. The van der Waals surface area contributed by atoms with Crippen LogP contribution in [0.2, 0.25) is 0 Å². The van der Waals surface area contributed by atoms with Crippen LogP contribution in [0.25, 0.3) is 10.9 Å². The van der Waals surface area contributed by atoms with Gasteiger partial charge in [-0.25, -0.2) is 0 Å². The van der Waals surface area contributed by atoms with E-state index in [0.29, 0.717) is 10.9 Å². The summed E-state index contributed by atoms with van der Waals surface area (Å²) in [5, 5.41) is 0.590.